The molecule has 1 atom stereocenters. The molecule has 0 radical (unpaired) electrons. The van der Waals surface area contributed by atoms with Crippen molar-refractivity contribution in [2.75, 3.05) is 13.1 Å². The zero-order chi connectivity index (χ0) is 19.8. The molecule has 0 unspecified atom stereocenters. The van der Waals surface area contributed by atoms with Gasteiger partial charge in [0.2, 0.25) is 11.8 Å². The number of amidine groups is 1. The lowest BCUT2D eigenvalue weighted by Gasteiger charge is -2.31. The number of thioether (sulfide) groups is 1. The Bertz CT molecular complexity index is 824. The first-order valence-electron chi connectivity index (χ1n) is 9.59. The highest BCUT2D eigenvalue weighted by Crippen LogP contribution is 2.29. The molecular formula is C22H25N3O2S. The van der Waals surface area contributed by atoms with Gasteiger partial charge in [-0.3, -0.25) is 14.5 Å². The molecule has 28 heavy (non-hydrogen) atoms. The van der Waals surface area contributed by atoms with E-state index in [1.165, 1.54) is 17.3 Å². The van der Waals surface area contributed by atoms with E-state index in [1.54, 1.807) is 4.90 Å². The largest absolute Gasteiger partial charge is 0.355 e. The minimum absolute atomic E-state index is 0.0438. The first-order chi connectivity index (χ1) is 13.7. The van der Waals surface area contributed by atoms with Crippen LogP contribution in [0.15, 0.2) is 65.7 Å². The average Bonchev–Trinajstić information content (AvgIpc) is 2.71. The molecule has 1 aliphatic rings. The van der Waals surface area contributed by atoms with Gasteiger partial charge in [-0.15, -0.1) is 0 Å². The van der Waals surface area contributed by atoms with E-state index in [2.05, 4.69) is 22.4 Å². The van der Waals surface area contributed by atoms with E-state index in [0.29, 0.717) is 18.3 Å². The molecule has 1 heterocycles. The summed E-state index contributed by atoms with van der Waals surface area (Å²) in [6, 6.07) is 19.8. The van der Waals surface area contributed by atoms with Gasteiger partial charge >= 0.3 is 0 Å². The van der Waals surface area contributed by atoms with Crippen molar-refractivity contribution in [3.63, 3.8) is 0 Å². The maximum absolute atomic E-state index is 12.8. The molecule has 5 nitrogen and oxygen atoms in total. The van der Waals surface area contributed by atoms with Gasteiger partial charge in [0, 0.05) is 19.5 Å². The Kier molecular flexibility index (Phi) is 7.25. The van der Waals surface area contributed by atoms with Crippen LogP contribution in [0.2, 0.25) is 0 Å². The predicted octanol–water partition coefficient (Wildman–Crippen LogP) is 3.78. The molecule has 0 aromatic heterocycles. The third kappa shape index (κ3) is 5.45. The second-order valence-electron chi connectivity index (χ2n) is 6.57. The summed E-state index contributed by atoms with van der Waals surface area (Å²) in [6.07, 6.45) is 1.94. The summed E-state index contributed by atoms with van der Waals surface area (Å²) >= 11 is 1.38. The molecule has 0 saturated carbocycles. The number of nitrogens with zero attached hydrogens (tertiary/aromatic N) is 2. The van der Waals surface area contributed by atoms with Crippen LogP contribution in [0.1, 0.15) is 25.3 Å². The Balaban J connectivity index is 1.74. The van der Waals surface area contributed by atoms with Gasteiger partial charge in [0.25, 0.3) is 0 Å². The number of hydrogen-bond acceptors (Lipinski definition) is 4. The van der Waals surface area contributed by atoms with Crippen LogP contribution in [0.25, 0.3) is 0 Å². The molecule has 1 saturated heterocycles. The second-order valence-corrected chi connectivity index (χ2v) is 7.74. The van der Waals surface area contributed by atoms with E-state index in [1.807, 2.05) is 55.5 Å². The number of hydrogen-bond donors (Lipinski definition) is 1. The maximum Gasteiger partial charge on any atom is 0.234 e. The molecule has 1 fully saturated rings. The summed E-state index contributed by atoms with van der Waals surface area (Å²) in [6.45, 7) is 3.02. The van der Waals surface area contributed by atoms with Crippen LogP contribution < -0.4 is 5.32 Å². The van der Waals surface area contributed by atoms with E-state index in [4.69, 9.17) is 0 Å². The molecule has 3 rings (SSSR count). The highest BCUT2D eigenvalue weighted by molar-refractivity contribution is 8.15. The fourth-order valence-corrected chi connectivity index (χ4v) is 4.20. The number of nitrogens with one attached hydrogen (secondary N) is 1. The van der Waals surface area contributed by atoms with E-state index >= 15 is 0 Å². The monoisotopic (exact) mass is 395 g/mol. The van der Waals surface area contributed by atoms with Crippen LogP contribution in [-0.2, 0) is 16.0 Å². The van der Waals surface area contributed by atoms with Crippen molar-refractivity contribution in [2.24, 2.45) is 4.99 Å². The summed E-state index contributed by atoms with van der Waals surface area (Å²) in [5.74, 6) is -0.150. The Morgan fingerprint density at radius 1 is 1.14 bits per heavy atom. The van der Waals surface area contributed by atoms with Gasteiger partial charge in [0.05, 0.1) is 10.9 Å². The third-order valence-corrected chi connectivity index (χ3v) is 5.64. The first kappa shape index (κ1) is 20.1. The van der Waals surface area contributed by atoms with Gasteiger partial charge in [0.1, 0.15) is 0 Å². The van der Waals surface area contributed by atoms with E-state index < -0.39 is 5.25 Å². The van der Waals surface area contributed by atoms with E-state index in [9.17, 15) is 9.59 Å². The fourth-order valence-electron chi connectivity index (χ4n) is 3.05. The van der Waals surface area contributed by atoms with Gasteiger partial charge in [-0.05, 0) is 37.5 Å². The smallest absolute Gasteiger partial charge is 0.234 e. The number of benzene rings is 2. The molecule has 6 heteroatoms. The van der Waals surface area contributed by atoms with Crippen molar-refractivity contribution < 1.29 is 9.59 Å². The predicted molar refractivity (Wildman–Crippen MR) is 115 cm³/mol. The second kappa shape index (κ2) is 10.1. The van der Waals surface area contributed by atoms with Crippen molar-refractivity contribution in [1.29, 1.82) is 0 Å². The van der Waals surface area contributed by atoms with Crippen LogP contribution >= 0.6 is 11.8 Å². The normalized spacial score (nSPS) is 18.3. The Hall–Kier alpha value is -2.60. The van der Waals surface area contributed by atoms with Crippen molar-refractivity contribution >= 4 is 34.4 Å². The highest BCUT2D eigenvalue weighted by Gasteiger charge is 2.35. The maximum atomic E-state index is 12.8. The number of carbonyl (C=O) groups excluding carboxylic acids is 2. The number of rotatable bonds is 7. The first-order valence-corrected chi connectivity index (χ1v) is 10.5. The minimum atomic E-state index is -0.430. The van der Waals surface area contributed by atoms with Crippen LogP contribution in [-0.4, -0.2) is 40.2 Å². The fraction of sp³-hybridized carbons (Fsp3) is 0.318. The number of aryl methyl sites for hydroxylation is 1. The van der Waals surface area contributed by atoms with Crippen LogP contribution in [0.5, 0.6) is 0 Å². The summed E-state index contributed by atoms with van der Waals surface area (Å²) in [5, 5.41) is 2.99. The van der Waals surface area contributed by atoms with Crippen LogP contribution in [0.3, 0.4) is 0 Å². The molecule has 0 aliphatic carbocycles. The van der Waals surface area contributed by atoms with Crippen molar-refractivity contribution in [3.05, 3.63) is 66.2 Å². The van der Waals surface area contributed by atoms with E-state index in [0.717, 1.165) is 18.5 Å². The molecule has 2 aromatic rings. The lowest BCUT2D eigenvalue weighted by atomic mass is 10.1. The topological polar surface area (TPSA) is 61.8 Å². The number of carbonyl (C=O) groups is 2. The van der Waals surface area contributed by atoms with Gasteiger partial charge in [0.15, 0.2) is 5.17 Å². The van der Waals surface area contributed by atoms with E-state index in [-0.39, 0.29) is 18.2 Å². The molecule has 2 aromatic carbocycles. The summed E-state index contributed by atoms with van der Waals surface area (Å²) in [7, 11) is 0. The van der Waals surface area contributed by atoms with Gasteiger partial charge in [-0.25, -0.2) is 4.99 Å². The van der Waals surface area contributed by atoms with Crippen molar-refractivity contribution in [2.45, 2.75) is 31.4 Å². The number of aliphatic imine (C=N–C) groups is 1. The van der Waals surface area contributed by atoms with Crippen molar-refractivity contribution in [1.82, 2.24) is 10.2 Å². The molecule has 1 aliphatic heterocycles. The summed E-state index contributed by atoms with van der Waals surface area (Å²) < 4.78 is 0. The molecule has 1 N–H and O–H groups in total. The van der Waals surface area contributed by atoms with Gasteiger partial charge in [-0.1, -0.05) is 60.3 Å². The number of amides is 2. The average molecular weight is 396 g/mol. The van der Waals surface area contributed by atoms with Crippen molar-refractivity contribution in [3.8, 4) is 0 Å². The summed E-state index contributed by atoms with van der Waals surface area (Å²) in [5.41, 5.74) is 2.03. The molecule has 0 spiro atoms. The minimum Gasteiger partial charge on any atom is -0.355 e. The molecule has 2 amide bonds. The molecular weight excluding hydrogens is 370 g/mol. The Labute approximate surface area is 170 Å². The Morgan fingerprint density at radius 3 is 2.50 bits per heavy atom. The summed E-state index contributed by atoms with van der Waals surface area (Å²) in [4.78, 5) is 31.5. The lowest BCUT2D eigenvalue weighted by Crippen LogP contribution is -2.47. The SMILES string of the molecule is CCNC(=O)[C@@H]1CC(=O)N(CCCc2ccccc2)C(=Nc2ccccc2)S1. The zero-order valence-electron chi connectivity index (χ0n) is 16.0. The lowest BCUT2D eigenvalue weighted by molar-refractivity contribution is -0.130. The van der Waals surface area contributed by atoms with Crippen LogP contribution in [0, 0.1) is 0 Å². The van der Waals surface area contributed by atoms with Gasteiger partial charge < -0.3 is 5.32 Å². The molecule has 146 valence electrons. The highest BCUT2D eigenvalue weighted by atomic mass is 32.2. The molecule has 0 bridgehead atoms. The third-order valence-electron chi connectivity index (χ3n) is 4.45. The number of para-hydroxylation sites is 1. The standard InChI is InChI=1S/C22H25N3O2S/c1-2-23-21(27)19-16-20(26)25(15-9-12-17-10-5-3-6-11-17)22(28-19)24-18-13-7-4-8-14-18/h3-8,10-11,13-14,19H,2,9,12,15-16H2,1H3,(H,23,27)/t19-/m0/s1. The zero-order valence-corrected chi connectivity index (χ0v) is 16.8. The quantitative estimate of drug-likeness (QED) is 0.776. The van der Waals surface area contributed by atoms with Crippen LogP contribution in [0.4, 0.5) is 5.69 Å². The van der Waals surface area contributed by atoms with Gasteiger partial charge in [-0.2, -0.15) is 0 Å². The Morgan fingerprint density at radius 2 is 1.82 bits per heavy atom.